The summed E-state index contributed by atoms with van der Waals surface area (Å²) in [7, 11) is 0. The van der Waals surface area contributed by atoms with Crippen LogP contribution in [0.25, 0.3) is 12.2 Å². The normalized spacial score (nSPS) is 14.8. The number of anilines is 2. The Bertz CT molecular complexity index is 1420. The molecule has 1 heterocycles. The van der Waals surface area contributed by atoms with E-state index in [2.05, 4.69) is 71.3 Å². The SMILES string of the molecule is O=C(Nc1ccc(C=Cc2ccc(NCCc3ccccc3)cc2)cc1)[C@@H]1CCCN1C(=O)Cc1ccccc1. The van der Waals surface area contributed by atoms with Gasteiger partial charge in [0, 0.05) is 24.5 Å². The van der Waals surface area contributed by atoms with Gasteiger partial charge < -0.3 is 15.5 Å². The maximum Gasteiger partial charge on any atom is 0.247 e. The molecule has 0 bridgehead atoms. The predicted molar refractivity (Wildman–Crippen MR) is 164 cm³/mol. The van der Waals surface area contributed by atoms with Crippen molar-refractivity contribution in [3.8, 4) is 0 Å². The van der Waals surface area contributed by atoms with Crippen LogP contribution in [0.3, 0.4) is 0 Å². The molecule has 5 nitrogen and oxygen atoms in total. The van der Waals surface area contributed by atoms with E-state index < -0.39 is 6.04 Å². The molecule has 0 aromatic heterocycles. The second-order valence-corrected chi connectivity index (χ2v) is 10.1. The van der Waals surface area contributed by atoms with Crippen LogP contribution in [0.2, 0.25) is 0 Å². The number of nitrogens with zero attached hydrogens (tertiary/aromatic N) is 1. The van der Waals surface area contributed by atoms with Crippen molar-refractivity contribution in [2.45, 2.75) is 31.7 Å². The van der Waals surface area contributed by atoms with Crippen LogP contribution in [0.4, 0.5) is 11.4 Å². The zero-order valence-corrected chi connectivity index (χ0v) is 22.6. The second-order valence-electron chi connectivity index (χ2n) is 10.1. The van der Waals surface area contributed by atoms with Crippen molar-refractivity contribution in [1.29, 1.82) is 0 Å². The highest BCUT2D eigenvalue weighted by Crippen LogP contribution is 2.21. The minimum absolute atomic E-state index is 0.000309. The molecule has 0 aliphatic carbocycles. The van der Waals surface area contributed by atoms with Crippen molar-refractivity contribution in [3.05, 3.63) is 131 Å². The van der Waals surface area contributed by atoms with Gasteiger partial charge in [-0.3, -0.25) is 9.59 Å². The number of rotatable bonds is 10. The highest BCUT2D eigenvalue weighted by atomic mass is 16.2. The third-order valence-corrected chi connectivity index (χ3v) is 7.22. The molecule has 0 spiro atoms. The van der Waals surface area contributed by atoms with Crippen molar-refractivity contribution in [2.24, 2.45) is 0 Å². The minimum Gasteiger partial charge on any atom is -0.385 e. The van der Waals surface area contributed by atoms with E-state index in [0.717, 1.165) is 47.5 Å². The number of likely N-dealkylation sites (tertiary alicyclic amines) is 1. The van der Waals surface area contributed by atoms with Crippen LogP contribution in [0.1, 0.15) is 35.1 Å². The summed E-state index contributed by atoms with van der Waals surface area (Å²) >= 11 is 0. The van der Waals surface area contributed by atoms with Crippen molar-refractivity contribution in [1.82, 2.24) is 4.90 Å². The summed E-state index contributed by atoms with van der Waals surface area (Å²) in [4.78, 5) is 27.6. The molecule has 4 aromatic carbocycles. The Balaban J connectivity index is 1.10. The molecule has 2 amide bonds. The van der Waals surface area contributed by atoms with Crippen LogP contribution in [0.5, 0.6) is 0 Å². The Labute approximate surface area is 236 Å². The summed E-state index contributed by atoms with van der Waals surface area (Å²) in [6.45, 7) is 1.52. The molecule has 1 aliphatic heterocycles. The smallest absolute Gasteiger partial charge is 0.247 e. The average Bonchev–Trinajstić information content (AvgIpc) is 3.49. The average molecular weight is 530 g/mol. The molecule has 40 heavy (non-hydrogen) atoms. The van der Waals surface area contributed by atoms with Crippen LogP contribution < -0.4 is 10.6 Å². The predicted octanol–water partition coefficient (Wildman–Crippen LogP) is 6.68. The fourth-order valence-electron chi connectivity index (χ4n) is 5.01. The van der Waals surface area contributed by atoms with Crippen molar-refractivity contribution < 1.29 is 9.59 Å². The lowest BCUT2D eigenvalue weighted by molar-refractivity contribution is -0.136. The zero-order valence-electron chi connectivity index (χ0n) is 22.6. The van der Waals surface area contributed by atoms with Gasteiger partial charge in [-0.1, -0.05) is 97.1 Å². The molecule has 0 radical (unpaired) electrons. The van der Waals surface area contributed by atoms with Crippen molar-refractivity contribution in [2.75, 3.05) is 23.7 Å². The molecule has 0 unspecified atom stereocenters. The van der Waals surface area contributed by atoms with E-state index in [4.69, 9.17) is 0 Å². The van der Waals surface area contributed by atoms with Crippen LogP contribution in [-0.4, -0.2) is 35.8 Å². The third kappa shape index (κ3) is 7.48. The summed E-state index contributed by atoms with van der Waals surface area (Å²) in [5.74, 6) is -0.125. The summed E-state index contributed by atoms with van der Waals surface area (Å²) in [6.07, 6.45) is 6.98. The van der Waals surface area contributed by atoms with Crippen LogP contribution in [0.15, 0.2) is 109 Å². The number of carbonyl (C=O) groups is 2. The van der Waals surface area contributed by atoms with E-state index >= 15 is 0 Å². The monoisotopic (exact) mass is 529 g/mol. The molecular weight excluding hydrogens is 494 g/mol. The second kappa shape index (κ2) is 13.4. The fourth-order valence-corrected chi connectivity index (χ4v) is 5.01. The van der Waals surface area contributed by atoms with Gasteiger partial charge in [-0.05, 0) is 65.8 Å². The van der Waals surface area contributed by atoms with Gasteiger partial charge in [0.15, 0.2) is 0 Å². The number of hydrogen-bond acceptors (Lipinski definition) is 3. The molecule has 1 saturated heterocycles. The standard InChI is InChI=1S/C35H35N3O2/c39-34(26-30-10-5-2-6-11-30)38-25-7-12-33(38)35(40)37-32-21-17-29(18-22-32)14-13-28-15-19-31(20-16-28)36-24-23-27-8-3-1-4-9-27/h1-6,8-11,13-22,33,36H,7,12,23-26H2,(H,37,40)/t33-/m0/s1. The first-order chi connectivity index (χ1) is 19.6. The minimum atomic E-state index is -0.424. The number of carbonyl (C=O) groups excluding carboxylic acids is 2. The molecule has 1 aliphatic rings. The van der Waals surface area contributed by atoms with Gasteiger partial charge in [0.1, 0.15) is 6.04 Å². The van der Waals surface area contributed by atoms with Crippen molar-refractivity contribution >= 4 is 35.3 Å². The lowest BCUT2D eigenvalue weighted by Gasteiger charge is -2.24. The van der Waals surface area contributed by atoms with Gasteiger partial charge in [0.25, 0.3) is 0 Å². The van der Waals surface area contributed by atoms with E-state index in [1.807, 2.05) is 60.7 Å². The Morgan fingerprint density at radius 2 is 1.30 bits per heavy atom. The zero-order chi connectivity index (χ0) is 27.6. The first-order valence-electron chi connectivity index (χ1n) is 13.9. The molecule has 2 N–H and O–H groups in total. The Morgan fingerprint density at radius 1 is 0.725 bits per heavy atom. The lowest BCUT2D eigenvalue weighted by atomic mass is 10.1. The van der Waals surface area contributed by atoms with E-state index in [0.29, 0.717) is 19.4 Å². The van der Waals surface area contributed by atoms with Gasteiger partial charge >= 0.3 is 0 Å². The molecule has 202 valence electrons. The number of amides is 2. The molecule has 5 rings (SSSR count). The number of hydrogen-bond donors (Lipinski definition) is 2. The molecule has 5 heteroatoms. The Kier molecular flexibility index (Phi) is 9.05. The Morgan fingerprint density at radius 3 is 1.93 bits per heavy atom. The van der Waals surface area contributed by atoms with Gasteiger partial charge in [-0.2, -0.15) is 0 Å². The number of benzene rings is 4. The van der Waals surface area contributed by atoms with Gasteiger partial charge in [-0.15, -0.1) is 0 Å². The maximum absolute atomic E-state index is 13.0. The van der Waals surface area contributed by atoms with Crippen molar-refractivity contribution in [3.63, 3.8) is 0 Å². The molecule has 0 saturated carbocycles. The summed E-state index contributed by atoms with van der Waals surface area (Å²) in [5, 5.41) is 6.48. The molecule has 1 atom stereocenters. The largest absolute Gasteiger partial charge is 0.385 e. The van der Waals surface area contributed by atoms with E-state index in [9.17, 15) is 9.59 Å². The maximum atomic E-state index is 13.0. The fraction of sp³-hybridized carbons (Fsp3) is 0.200. The highest BCUT2D eigenvalue weighted by molar-refractivity contribution is 5.97. The van der Waals surface area contributed by atoms with Crippen LogP contribution in [-0.2, 0) is 22.4 Å². The van der Waals surface area contributed by atoms with Gasteiger partial charge in [0.2, 0.25) is 11.8 Å². The number of nitrogens with one attached hydrogen (secondary N) is 2. The Hall–Kier alpha value is -4.64. The van der Waals surface area contributed by atoms with Crippen LogP contribution in [0, 0.1) is 0 Å². The van der Waals surface area contributed by atoms with E-state index in [-0.39, 0.29) is 11.8 Å². The van der Waals surface area contributed by atoms with Gasteiger partial charge in [0.05, 0.1) is 6.42 Å². The van der Waals surface area contributed by atoms with E-state index in [1.54, 1.807) is 4.90 Å². The van der Waals surface area contributed by atoms with Gasteiger partial charge in [-0.25, -0.2) is 0 Å². The molecule has 1 fully saturated rings. The lowest BCUT2D eigenvalue weighted by Crippen LogP contribution is -2.43. The quantitative estimate of drug-likeness (QED) is 0.225. The third-order valence-electron chi connectivity index (χ3n) is 7.22. The first kappa shape index (κ1) is 26.9. The summed E-state index contributed by atoms with van der Waals surface area (Å²) in [6, 6.07) is 35.9. The molecule has 4 aromatic rings. The summed E-state index contributed by atoms with van der Waals surface area (Å²) in [5.41, 5.74) is 6.30. The van der Waals surface area contributed by atoms with E-state index in [1.165, 1.54) is 5.56 Å². The highest BCUT2D eigenvalue weighted by Gasteiger charge is 2.33. The first-order valence-corrected chi connectivity index (χ1v) is 13.9. The molecular formula is C35H35N3O2. The van der Waals surface area contributed by atoms with Crippen LogP contribution >= 0.6 is 0 Å². The topological polar surface area (TPSA) is 61.4 Å². The summed E-state index contributed by atoms with van der Waals surface area (Å²) < 4.78 is 0.